The highest BCUT2D eigenvalue weighted by atomic mass is 16.2. The number of carbonyl (C=O) groups excluding carboxylic acids is 4. The number of allylic oxidation sites excluding steroid dienone is 1. The zero-order valence-corrected chi connectivity index (χ0v) is 15.1. The lowest BCUT2D eigenvalue weighted by Crippen LogP contribution is -2.41. The topological polar surface area (TPSA) is 74.8 Å². The minimum atomic E-state index is -0.350. The number of hydrogen-bond donors (Lipinski definition) is 0. The molecule has 6 heteroatoms. The molecule has 0 fully saturated rings. The molecule has 0 spiro atoms. The Labute approximate surface area is 162 Å². The third-order valence-electron chi connectivity index (χ3n) is 5.14. The van der Waals surface area contributed by atoms with Crippen LogP contribution in [0.3, 0.4) is 0 Å². The summed E-state index contributed by atoms with van der Waals surface area (Å²) in [7, 11) is 0. The molecule has 28 heavy (non-hydrogen) atoms. The third-order valence-corrected chi connectivity index (χ3v) is 5.14. The zero-order chi connectivity index (χ0) is 19.8. The van der Waals surface area contributed by atoms with Crippen molar-refractivity contribution in [3.8, 4) is 0 Å². The van der Waals surface area contributed by atoms with Crippen LogP contribution in [0.2, 0.25) is 0 Å². The van der Waals surface area contributed by atoms with Crippen LogP contribution in [0.4, 0.5) is 0 Å². The van der Waals surface area contributed by atoms with Crippen LogP contribution in [-0.4, -0.2) is 46.5 Å². The van der Waals surface area contributed by atoms with Crippen molar-refractivity contribution in [2.24, 2.45) is 5.92 Å². The SMILES string of the molecule is C=CCC(CN1C(=O)c2ccccc2C1=O)CN1C(=O)c2ccccc2C1=O. The lowest BCUT2D eigenvalue weighted by atomic mass is 10.0. The molecule has 6 nitrogen and oxygen atoms in total. The third kappa shape index (κ3) is 2.74. The minimum absolute atomic E-state index is 0.117. The Morgan fingerprint density at radius 1 is 0.679 bits per heavy atom. The van der Waals surface area contributed by atoms with Crippen LogP contribution in [0.1, 0.15) is 47.9 Å². The summed E-state index contributed by atoms with van der Waals surface area (Å²) in [4.78, 5) is 52.9. The quantitative estimate of drug-likeness (QED) is 0.576. The lowest BCUT2D eigenvalue weighted by molar-refractivity contribution is 0.0579. The van der Waals surface area contributed by atoms with Crippen LogP contribution in [0, 0.1) is 5.92 Å². The maximum atomic E-state index is 12.6. The van der Waals surface area contributed by atoms with Crippen molar-refractivity contribution in [1.29, 1.82) is 0 Å². The molecule has 0 aliphatic carbocycles. The van der Waals surface area contributed by atoms with Gasteiger partial charge in [-0.3, -0.25) is 29.0 Å². The standard InChI is InChI=1S/C22H18N2O4/c1-2-7-14(12-23-19(25)15-8-3-4-9-16(15)20(23)26)13-24-21(27)17-10-5-6-11-18(17)22(24)28/h2-6,8-11,14H,1,7,12-13H2. The van der Waals surface area contributed by atoms with Gasteiger partial charge in [-0.05, 0) is 36.6 Å². The molecule has 0 unspecified atom stereocenters. The predicted octanol–water partition coefficient (Wildman–Crippen LogP) is 2.77. The molecule has 4 amide bonds. The van der Waals surface area contributed by atoms with E-state index in [2.05, 4.69) is 6.58 Å². The second-order valence-electron chi connectivity index (χ2n) is 6.92. The van der Waals surface area contributed by atoms with E-state index in [4.69, 9.17) is 0 Å². The number of fused-ring (bicyclic) bond motifs is 2. The molecular formula is C22H18N2O4. The molecule has 0 saturated carbocycles. The van der Waals surface area contributed by atoms with E-state index in [0.29, 0.717) is 28.7 Å². The van der Waals surface area contributed by atoms with E-state index in [0.717, 1.165) is 0 Å². The van der Waals surface area contributed by atoms with E-state index in [-0.39, 0.29) is 42.6 Å². The molecule has 0 saturated heterocycles. The van der Waals surface area contributed by atoms with Gasteiger partial charge in [0.05, 0.1) is 22.3 Å². The van der Waals surface area contributed by atoms with E-state index >= 15 is 0 Å². The summed E-state index contributed by atoms with van der Waals surface area (Å²) in [6.07, 6.45) is 2.13. The largest absolute Gasteiger partial charge is 0.274 e. The lowest BCUT2D eigenvalue weighted by Gasteiger charge is -2.25. The molecule has 140 valence electrons. The van der Waals surface area contributed by atoms with Gasteiger partial charge in [0, 0.05) is 13.1 Å². The molecule has 0 atom stereocenters. The molecule has 2 aliphatic heterocycles. The average molecular weight is 374 g/mol. The van der Waals surface area contributed by atoms with Crippen molar-refractivity contribution in [1.82, 2.24) is 9.80 Å². The molecule has 0 bridgehead atoms. The summed E-state index contributed by atoms with van der Waals surface area (Å²) in [5.74, 6) is -1.69. The highest BCUT2D eigenvalue weighted by Crippen LogP contribution is 2.27. The minimum Gasteiger partial charge on any atom is -0.274 e. The summed E-state index contributed by atoms with van der Waals surface area (Å²) in [5, 5.41) is 0. The predicted molar refractivity (Wildman–Crippen MR) is 102 cm³/mol. The van der Waals surface area contributed by atoms with Gasteiger partial charge in [0.25, 0.3) is 23.6 Å². The first kappa shape index (κ1) is 17.9. The summed E-state index contributed by atoms with van der Waals surface area (Å²) < 4.78 is 0. The highest BCUT2D eigenvalue weighted by molar-refractivity contribution is 6.22. The monoisotopic (exact) mass is 374 g/mol. The summed E-state index contributed by atoms with van der Waals surface area (Å²) in [5.41, 5.74) is 1.52. The maximum Gasteiger partial charge on any atom is 0.261 e. The molecule has 0 N–H and O–H groups in total. The zero-order valence-electron chi connectivity index (χ0n) is 15.1. The first-order valence-corrected chi connectivity index (χ1v) is 9.04. The van der Waals surface area contributed by atoms with Crippen LogP contribution in [0.5, 0.6) is 0 Å². The Hall–Kier alpha value is -3.54. The van der Waals surface area contributed by atoms with Crippen molar-refractivity contribution >= 4 is 23.6 Å². The highest BCUT2D eigenvalue weighted by Gasteiger charge is 2.39. The van der Waals surface area contributed by atoms with Crippen LogP contribution < -0.4 is 0 Å². The smallest absolute Gasteiger partial charge is 0.261 e. The molecule has 2 aromatic carbocycles. The van der Waals surface area contributed by atoms with Crippen molar-refractivity contribution < 1.29 is 19.2 Å². The fourth-order valence-electron chi connectivity index (χ4n) is 3.77. The molecule has 0 radical (unpaired) electrons. The molecule has 4 rings (SSSR count). The van der Waals surface area contributed by atoms with Gasteiger partial charge in [-0.1, -0.05) is 30.3 Å². The fourth-order valence-corrected chi connectivity index (χ4v) is 3.77. The van der Waals surface area contributed by atoms with Gasteiger partial charge in [0.2, 0.25) is 0 Å². The maximum absolute atomic E-state index is 12.6. The van der Waals surface area contributed by atoms with Crippen LogP contribution >= 0.6 is 0 Å². The number of imide groups is 2. The van der Waals surface area contributed by atoms with Gasteiger partial charge in [-0.25, -0.2) is 0 Å². The first-order valence-electron chi connectivity index (χ1n) is 9.04. The van der Waals surface area contributed by atoms with E-state index < -0.39 is 0 Å². The Morgan fingerprint density at radius 3 is 1.29 bits per heavy atom. The van der Waals surface area contributed by atoms with Gasteiger partial charge >= 0.3 is 0 Å². The number of carbonyl (C=O) groups is 4. The van der Waals surface area contributed by atoms with E-state index in [1.165, 1.54) is 9.80 Å². The van der Waals surface area contributed by atoms with E-state index in [1.807, 2.05) is 0 Å². The molecule has 2 aliphatic rings. The normalized spacial score (nSPS) is 15.5. The number of nitrogens with zero attached hydrogens (tertiary/aromatic N) is 2. The van der Waals surface area contributed by atoms with Crippen molar-refractivity contribution in [3.63, 3.8) is 0 Å². The van der Waals surface area contributed by atoms with Crippen molar-refractivity contribution in [2.75, 3.05) is 13.1 Å². The summed E-state index contributed by atoms with van der Waals surface area (Å²) in [6.45, 7) is 3.96. The van der Waals surface area contributed by atoms with Gasteiger partial charge in [0.1, 0.15) is 0 Å². The molecule has 2 aromatic rings. The van der Waals surface area contributed by atoms with E-state index in [1.54, 1.807) is 54.6 Å². The summed E-state index contributed by atoms with van der Waals surface area (Å²) in [6, 6.07) is 13.4. The number of rotatable bonds is 6. The van der Waals surface area contributed by atoms with Gasteiger partial charge in [0.15, 0.2) is 0 Å². The molecule has 0 aromatic heterocycles. The second-order valence-corrected chi connectivity index (χ2v) is 6.92. The fraction of sp³-hybridized carbons (Fsp3) is 0.182. The Bertz CT molecular complexity index is 879. The van der Waals surface area contributed by atoms with Crippen LogP contribution in [-0.2, 0) is 0 Å². The van der Waals surface area contributed by atoms with Crippen molar-refractivity contribution in [2.45, 2.75) is 6.42 Å². The van der Waals surface area contributed by atoms with Crippen molar-refractivity contribution in [3.05, 3.63) is 83.4 Å². The molecule has 2 heterocycles. The average Bonchev–Trinajstić information content (AvgIpc) is 3.09. The Balaban J connectivity index is 1.54. The molecular weight excluding hydrogens is 356 g/mol. The Kier molecular flexibility index (Phi) is 4.39. The summed E-state index contributed by atoms with van der Waals surface area (Å²) >= 11 is 0. The van der Waals surface area contributed by atoms with E-state index in [9.17, 15) is 19.2 Å². The second kappa shape index (κ2) is 6.88. The number of benzene rings is 2. The number of amides is 4. The Morgan fingerprint density at radius 2 is 1.00 bits per heavy atom. The van der Waals surface area contributed by atoms with Gasteiger partial charge < -0.3 is 0 Å². The van der Waals surface area contributed by atoms with Gasteiger partial charge in [-0.2, -0.15) is 0 Å². The van der Waals surface area contributed by atoms with Crippen LogP contribution in [0.25, 0.3) is 0 Å². The van der Waals surface area contributed by atoms with Gasteiger partial charge in [-0.15, -0.1) is 6.58 Å². The number of hydrogen-bond acceptors (Lipinski definition) is 4. The van der Waals surface area contributed by atoms with Crippen LogP contribution in [0.15, 0.2) is 61.2 Å². The first-order chi connectivity index (χ1) is 13.5.